The molecule has 0 spiro atoms. The molecule has 0 unspecified atom stereocenters. The second-order valence-corrected chi connectivity index (χ2v) is 5.70. The van der Waals surface area contributed by atoms with Crippen molar-refractivity contribution in [3.8, 4) is 0 Å². The predicted octanol–water partition coefficient (Wildman–Crippen LogP) is 5.31. The van der Waals surface area contributed by atoms with Gasteiger partial charge in [0.15, 0.2) is 0 Å². The molecule has 1 N–H and O–H groups in total. The van der Waals surface area contributed by atoms with E-state index in [0.29, 0.717) is 5.82 Å². The van der Waals surface area contributed by atoms with Crippen molar-refractivity contribution in [1.29, 1.82) is 0 Å². The molecule has 0 saturated carbocycles. The molecular formula is C17H28N4O2. The van der Waals surface area contributed by atoms with Crippen LogP contribution in [-0.2, 0) is 0 Å². The van der Waals surface area contributed by atoms with E-state index in [1.165, 1.54) is 63.6 Å². The van der Waals surface area contributed by atoms with Crippen LogP contribution in [0, 0.1) is 10.1 Å². The van der Waals surface area contributed by atoms with Crippen molar-refractivity contribution in [2.24, 2.45) is 5.10 Å². The zero-order chi connectivity index (χ0) is 16.8. The molecule has 1 rings (SSSR count). The van der Waals surface area contributed by atoms with Crippen LogP contribution in [0.4, 0.5) is 11.5 Å². The van der Waals surface area contributed by atoms with Gasteiger partial charge in [0.2, 0.25) is 0 Å². The molecule has 1 aromatic heterocycles. The fourth-order valence-corrected chi connectivity index (χ4v) is 2.28. The van der Waals surface area contributed by atoms with Crippen LogP contribution in [-0.4, -0.2) is 16.1 Å². The van der Waals surface area contributed by atoms with Crippen LogP contribution in [0.2, 0.25) is 0 Å². The van der Waals surface area contributed by atoms with Crippen molar-refractivity contribution >= 4 is 17.7 Å². The van der Waals surface area contributed by atoms with E-state index < -0.39 is 4.92 Å². The van der Waals surface area contributed by atoms with E-state index in [9.17, 15) is 10.1 Å². The van der Waals surface area contributed by atoms with Crippen molar-refractivity contribution in [2.45, 2.75) is 71.1 Å². The van der Waals surface area contributed by atoms with Crippen molar-refractivity contribution < 1.29 is 4.92 Å². The Morgan fingerprint density at radius 2 is 1.78 bits per heavy atom. The minimum Gasteiger partial charge on any atom is -0.262 e. The third-order valence-electron chi connectivity index (χ3n) is 3.67. The standard InChI is InChI=1S/C17H28N4O2/c1-2-3-4-5-6-7-8-9-10-11-14-19-20-17-13-12-16(15-18-17)21(22)23/h12-15H,2-11H2,1H3,(H,18,20)/b19-14-. The maximum absolute atomic E-state index is 10.5. The van der Waals surface area contributed by atoms with Gasteiger partial charge in [-0.3, -0.25) is 15.5 Å². The van der Waals surface area contributed by atoms with Gasteiger partial charge in [0.25, 0.3) is 5.69 Å². The lowest BCUT2D eigenvalue weighted by Crippen LogP contribution is -1.94. The fourth-order valence-electron chi connectivity index (χ4n) is 2.28. The van der Waals surface area contributed by atoms with Crippen LogP contribution in [0.15, 0.2) is 23.4 Å². The number of hydrazone groups is 1. The molecule has 0 fully saturated rings. The first-order chi connectivity index (χ1) is 11.2. The molecule has 0 aromatic carbocycles. The van der Waals surface area contributed by atoms with Gasteiger partial charge in [-0.05, 0) is 18.9 Å². The summed E-state index contributed by atoms with van der Waals surface area (Å²) in [5.74, 6) is 0.513. The molecule has 0 aliphatic carbocycles. The highest BCUT2D eigenvalue weighted by Gasteiger charge is 2.04. The highest BCUT2D eigenvalue weighted by Crippen LogP contribution is 2.12. The van der Waals surface area contributed by atoms with Gasteiger partial charge in [-0.1, -0.05) is 58.3 Å². The van der Waals surface area contributed by atoms with Gasteiger partial charge in [0, 0.05) is 12.3 Å². The van der Waals surface area contributed by atoms with E-state index >= 15 is 0 Å². The molecule has 0 atom stereocenters. The van der Waals surface area contributed by atoms with Gasteiger partial charge in [0.05, 0.1) is 4.92 Å². The van der Waals surface area contributed by atoms with Crippen molar-refractivity contribution in [2.75, 3.05) is 5.43 Å². The molecule has 0 amide bonds. The van der Waals surface area contributed by atoms with E-state index in [2.05, 4.69) is 22.4 Å². The minimum absolute atomic E-state index is 0.0192. The minimum atomic E-state index is -0.468. The lowest BCUT2D eigenvalue weighted by molar-refractivity contribution is -0.385. The zero-order valence-electron chi connectivity index (χ0n) is 14.0. The van der Waals surface area contributed by atoms with Crippen molar-refractivity contribution in [3.05, 3.63) is 28.4 Å². The quantitative estimate of drug-likeness (QED) is 0.231. The number of pyridine rings is 1. The molecule has 1 heterocycles. The lowest BCUT2D eigenvalue weighted by Gasteiger charge is -2.01. The molecule has 0 aliphatic rings. The van der Waals surface area contributed by atoms with Crippen LogP contribution in [0.1, 0.15) is 71.1 Å². The molecule has 128 valence electrons. The highest BCUT2D eigenvalue weighted by molar-refractivity contribution is 5.58. The average Bonchev–Trinajstić information content (AvgIpc) is 2.56. The number of hydrogen-bond acceptors (Lipinski definition) is 5. The number of nitrogens with zero attached hydrogens (tertiary/aromatic N) is 3. The van der Waals surface area contributed by atoms with E-state index in [1.807, 2.05) is 6.21 Å². The van der Waals surface area contributed by atoms with Crippen LogP contribution < -0.4 is 5.43 Å². The van der Waals surface area contributed by atoms with Gasteiger partial charge in [-0.2, -0.15) is 5.10 Å². The molecule has 6 heteroatoms. The first-order valence-corrected chi connectivity index (χ1v) is 8.62. The van der Waals surface area contributed by atoms with E-state index in [0.717, 1.165) is 12.8 Å². The summed E-state index contributed by atoms with van der Waals surface area (Å²) in [5.41, 5.74) is 2.76. The topological polar surface area (TPSA) is 80.4 Å². The molecule has 0 radical (unpaired) electrons. The third-order valence-corrected chi connectivity index (χ3v) is 3.67. The van der Waals surface area contributed by atoms with Crippen LogP contribution >= 0.6 is 0 Å². The number of rotatable bonds is 13. The molecular weight excluding hydrogens is 292 g/mol. The van der Waals surface area contributed by atoms with Crippen LogP contribution in [0.3, 0.4) is 0 Å². The van der Waals surface area contributed by atoms with E-state index in [4.69, 9.17) is 0 Å². The number of nitro groups is 1. The Kier molecular flexibility index (Phi) is 10.4. The second-order valence-electron chi connectivity index (χ2n) is 5.70. The number of hydrogen-bond donors (Lipinski definition) is 1. The number of anilines is 1. The molecule has 0 aliphatic heterocycles. The summed E-state index contributed by atoms with van der Waals surface area (Å²) < 4.78 is 0. The Labute approximate surface area is 138 Å². The Morgan fingerprint density at radius 3 is 2.35 bits per heavy atom. The Bertz CT molecular complexity index is 460. The first-order valence-electron chi connectivity index (χ1n) is 8.62. The fraction of sp³-hybridized carbons (Fsp3) is 0.647. The van der Waals surface area contributed by atoms with Gasteiger partial charge < -0.3 is 0 Å². The smallest absolute Gasteiger partial charge is 0.262 e. The van der Waals surface area contributed by atoms with Gasteiger partial charge in [-0.25, -0.2) is 4.98 Å². The largest absolute Gasteiger partial charge is 0.287 e. The van der Waals surface area contributed by atoms with Gasteiger partial charge >= 0.3 is 0 Å². The summed E-state index contributed by atoms with van der Waals surface area (Å²) >= 11 is 0. The Morgan fingerprint density at radius 1 is 1.13 bits per heavy atom. The zero-order valence-corrected chi connectivity index (χ0v) is 14.0. The van der Waals surface area contributed by atoms with E-state index in [1.54, 1.807) is 6.07 Å². The van der Waals surface area contributed by atoms with Crippen molar-refractivity contribution in [1.82, 2.24) is 4.98 Å². The summed E-state index contributed by atoms with van der Waals surface area (Å²) in [7, 11) is 0. The lowest BCUT2D eigenvalue weighted by atomic mass is 10.1. The second kappa shape index (κ2) is 12.6. The van der Waals surface area contributed by atoms with Crippen molar-refractivity contribution in [3.63, 3.8) is 0 Å². The first kappa shape index (κ1) is 19.1. The molecule has 0 bridgehead atoms. The van der Waals surface area contributed by atoms with Crippen LogP contribution in [0.5, 0.6) is 0 Å². The number of aromatic nitrogens is 1. The summed E-state index contributed by atoms with van der Waals surface area (Å²) in [6.07, 6.45) is 15.8. The summed E-state index contributed by atoms with van der Waals surface area (Å²) in [6.45, 7) is 2.24. The Hall–Kier alpha value is -1.98. The summed E-state index contributed by atoms with van der Waals surface area (Å²) in [5, 5.41) is 14.6. The summed E-state index contributed by atoms with van der Waals surface area (Å²) in [4.78, 5) is 14.0. The van der Waals surface area contributed by atoms with Gasteiger partial charge in [-0.15, -0.1) is 0 Å². The monoisotopic (exact) mass is 320 g/mol. The average molecular weight is 320 g/mol. The highest BCUT2D eigenvalue weighted by atomic mass is 16.6. The predicted molar refractivity (Wildman–Crippen MR) is 94.9 cm³/mol. The summed E-state index contributed by atoms with van der Waals surface area (Å²) in [6, 6.07) is 2.96. The molecule has 23 heavy (non-hydrogen) atoms. The maximum Gasteiger partial charge on any atom is 0.287 e. The Balaban J connectivity index is 1.99. The molecule has 0 saturated heterocycles. The molecule has 1 aromatic rings. The number of unbranched alkanes of at least 4 members (excludes halogenated alkanes) is 9. The normalized spacial score (nSPS) is 11.0. The van der Waals surface area contributed by atoms with Gasteiger partial charge in [0.1, 0.15) is 12.0 Å². The number of nitrogens with one attached hydrogen (secondary N) is 1. The maximum atomic E-state index is 10.5. The van der Waals surface area contributed by atoms with E-state index in [-0.39, 0.29) is 5.69 Å². The SMILES string of the molecule is CCCCCCCCCCC/C=N\Nc1ccc([N+](=O)[O-])cn1. The van der Waals surface area contributed by atoms with Crippen LogP contribution in [0.25, 0.3) is 0 Å². The third kappa shape index (κ3) is 9.60. The molecule has 6 nitrogen and oxygen atoms in total.